The maximum absolute atomic E-state index is 8.87. The number of nitrogens with two attached hydrogens (primary N) is 1. The third-order valence-electron chi connectivity index (χ3n) is 4.95. The number of hydrogen-bond donors (Lipinski definition) is 1. The zero-order valence-corrected chi connectivity index (χ0v) is 12.2. The highest BCUT2D eigenvalue weighted by Gasteiger charge is 2.28. The molecule has 2 N–H and O–H groups in total. The molecular formula is C16H29N3. The molecule has 2 aliphatic carbocycles. The van der Waals surface area contributed by atoms with Crippen LogP contribution in [0.1, 0.15) is 70.6 Å². The van der Waals surface area contributed by atoms with Gasteiger partial charge in [-0.15, -0.1) is 0 Å². The SMILES string of the molecule is N#CC(N)CCN(C1CCCCC1)C1CCCCC1. The maximum Gasteiger partial charge on any atom is 0.0940 e. The van der Waals surface area contributed by atoms with Gasteiger partial charge in [0.15, 0.2) is 0 Å². The Bertz CT molecular complexity index is 267. The van der Waals surface area contributed by atoms with Crippen molar-refractivity contribution in [2.45, 2.75) is 88.8 Å². The van der Waals surface area contributed by atoms with E-state index in [4.69, 9.17) is 11.0 Å². The zero-order valence-electron chi connectivity index (χ0n) is 12.2. The van der Waals surface area contributed by atoms with Gasteiger partial charge in [-0.05, 0) is 32.1 Å². The maximum atomic E-state index is 8.87. The van der Waals surface area contributed by atoms with Gasteiger partial charge in [0.05, 0.1) is 12.1 Å². The minimum atomic E-state index is -0.283. The monoisotopic (exact) mass is 263 g/mol. The predicted molar refractivity (Wildman–Crippen MR) is 78.7 cm³/mol. The average Bonchev–Trinajstić information content (AvgIpc) is 2.49. The topological polar surface area (TPSA) is 53.1 Å². The predicted octanol–water partition coefficient (Wildman–Crippen LogP) is 3.19. The lowest BCUT2D eigenvalue weighted by Gasteiger charge is -2.42. The first-order valence-electron chi connectivity index (χ1n) is 8.22. The lowest BCUT2D eigenvalue weighted by Crippen LogP contribution is -2.46. The summed E-state index contributed by atoms with van der Waals surface area (Å²) in [5.74, 6) is 0. The van der Waals surface area contributed by atoms with Crippen LogP contribution in [-0.2, 0) is 0 Å². The Labute approximate surface area is 118 Å². The summed E-state index contributed by atoms with van der Waals surface area (Å²) < 4.78 is 0. The number of nitrogens with zero attached hydrogens (tertiary/aromatic N) is 2. The van der Waals surface area contributed by atoms with E-state index in [1.54, 1.807) is 0 Å². The fourth-order valence-electron chi connectivity index (χ4n) is 3.84. The van der Waals surface area contributed by atoms with Gasteiger partial charge >= 0.3 is 0 Å². The highest BCUT2D eigenvalue weighted by atomic mass is 15.2. The van der Waals surface area contributed by atoms with E-state index in [1.807, 2.05) is 0 Å². The third-order valence-corrected chi connectivity index (χ3v) is 4.95. The van der Waals surface area contributed by atoms with Gasteiger partial charge in [-0.3, -0.25) is 4.90 Å². The molecule has 0 aromatic heterocycles. The van der Waals surface area contributed by atoms with Crippen LogP contribution in [0.15, 0.2) is 0 Å². The van der Waals surface area contributed by atoms with Gasteiger partial charge in [-0.2, -0.15) is 5.26 Å². The minimum Gasteiger partial charge on any atom is -0.316 e. The molecule has 108 valence electrons. The first kappa shape index (κ1) is 14.8. The van der Waals surface area contributed by atoms with Crippen LogP contribution in [0.4, 0.5) is 0 Å². The van der Waals surface area contributed by atoms with E-state index < -0.39 is 0 Å². The number of hydrogen-bond acceptors (Lipinski definition) is 3. The van der Waals surface area contributed by atoms with E-state index in [2.05, 4.69) is 11.0 Å². The number of nitriles is 1. The molecule has 2 fully saturated rings. The van der Waals surface area contributed by atoms with Gasteiger partial charge in [-0.25, -0.2) is 0 Å². The van der Waals surface area contributed by atoms with Gasteiger partial charge in [0.25, 0.3) is 0 Å². The Hall–Kier alpha value is -0.590. The first-order chi connectivity index (χ1) is 9.31. The molecule has 3 nitrogen and oxygen atoms in total. The van der Waals surface area contributed by atoms with Crippen molar-refractivity contribution >= 4 is 0 Å². The summed E-state index contributed by atoms with van der Waals surface area (Å²) in [6.07, 6.45) is 14.6. The molecule has 1 unspecified atom stereocenters. The molecule has 0 amide bonds. The van der Waals surface area contributed by atoms with Crippen molar-refractivity contribution < 1.29 is 0 Å². The Balaban J connectivity index is 1.92. The third kappa shape index (κ3) is 4.47. The Kier molecular flexibility index (Phi) is 6.13. The summed E-state index contributed by atoms with van der Waals surface area (Å²) >= 11 is 0. The van der Waals surface area contributed by atoms with Crippen LogP contribution in [0.3, 0.4) is 0 Å². The van der Waals surface area contributed by atoms with Crippen LogP contribution >= 0.6 is 0 Å². The molecule has 0 spiro atoms. The number of rotatable bonds is 5. The van der Waals surface area contributed by atoms with Crippen molar-refractivity contribution in [3.63, 3.8) is 0 Å². The van der Waals surface area contributed by atoms with Gasteiger partial charge < -0.3 is 5.73 Å². The summed E-state index contributed by atoms with van der Waals surface area (Å²) in [6.45, 7) is 1.03. The highest BCUT2D eigenvalue weighted by molar-refractivity contribution is 4.90. The molecule has 2 saturated carbocycles. The summed E-state index contributed by atoms with van der Waals surface area (Å²) in [7, 11) is 0. The Morgan fingerprint density at radius 3 is 1.84 bits per heavy atom. The van der Waals surface area contributed by atoms with E-state index in [1.165, 1.54) is 64.2 Å². The largest absolute Gasteiger partial charge is 0.316 e. The molecule has 3 heteroatoms. The molecule has 1 atom stereocenters. The van der Waals surface area contributed by atoms with Crippen LogP contribution < -0.4 is 5.73 Å². The van der Waals surface area contributed by atoms with Gasteiger partial charge in [0, 0.05) is 18.6 Å². The lowest BCUT2D eigenvalue weighted by atomic mass is 9.88. The van der Waals surface area contributed by atoms with Crippen molar-refractivity contribution in [1.29, 1.82) is 5.26 Å². The van der Waals surface area contributed by atoms with Gasteiger partial charge in [0.1, 0.15) is 0 Å². The molecule has 0 aliphatic heterocycles. The van der Waals surface area contributed by atoms with Crippen molar-refractivity contribution in [3.05, 3.63) is 0 Å². The second-order valence-electron chi connectivity index (χ2n) is 6.35. The molecule has 0 bridgehead atoms. The van der Waals surface area contributed by atoms with Crippen LogP contribution in [0, 0.1) is 11.3 Å². The first-order valence-corrected chi connectivity index (χ1v) is 8.22. The van der Waals surface area contributed by atoms with E-state index in [9.17, 15) is 0 Å². The van der Waals surface area contributed by atoms with E-state index in [-0.39, 0.29) is 6.04 Å². The second kappa shape index (κ2) is 7.87. The molecule has 19 heavy (non-hydrogen) atoms. The quantitative estimate of drug-likeness (QED) is 0.828. The van der Waals surface area contributed by atoms with E-state index >= 15 is 0 Å². The van der Waals surface area contributed by atoms with E-state index in [0.29, 0.717) is 0 Å². The fourth-order valence-corrected chi connectivity index (χ4v) is 3.84. The van der Waals surface area contributed by atoms with Crippen LogP contribution in [0.2, 0.25) is 0 Å². The summed E-state index contributed by atoms with van der Waals surface area (Å²) in [6, 6.07) is 3.43. The standard InChI is InChI=1S/C16H29N3/c17-13-14(18)11-12-19(15-7-3-1-4-8-15)16-9-5-2-6-10-16/h14-16H,1-12,18H2. The highest BCUT2D eigenvalue weighted by Crippen LogP contribution is 2.30. The van der Waals surface area contributed by atoms with Crippen molar-refractivity contribution in [2.75, 3.05) is 6.54 Å². The van der Waals surface area contributed by atoms with Crippen LogP contribution in [0.5, 0.6) is 0 Å². The lowest BCUT2D eigenvalue weighted by molar-refractivity contribution is 0.0789. The van der Waals surface area contributed by atoms with Crippen molar-refractivity contribution in [1.82, 2.24) is 4.90 Å². The van der Waals surface area contributed by atoms with Crippen LogP contribution in [0.25, 0.3) is 0 Å². The second-order valence-corrected chi connectivity index (χ2v) is 6.35. The molecule has 0 radical (unpaired) electrons. The summed E-state index contributed by atoms with van der Waals surface area (Å²) in [5.41, 5.74) is 5.79. The Morgan fingerprint density at radius 2 is 1.42 bits per heavy atom. The molecule has 0 saturated heterocycles. The molecule has 0 aromatic carbocycles. The van der Waals surface area contributed by atoms with E-state index in [0.717, 1.165) is 25.0 Å². The van der Waals surface area contributed by atoms with Crippen molar-refractivity contribution in [2.24, 2.45) is 5.73 Å². The smallest absolute Gasteiger partial charge is 0.0940 e. The van der Waals surface area contributed by atoms with Crippen molar-refractivity contribution in [3.8, 4) is 6.07 Å². The fraction of sp³-hybridized carbons (Fsp3) is 0.938. The Morgan fingerprint density at radius 1 is 0.947 bits per heavy atom. The zero-order chi connectivity index (χ0) is 13.5. The summed E-state index contributed by atoms with van der Waals surface area (Å²) in [4.78, 5) is 2.73. The van der Waals surface area contributed by atoms with Gasteiger partial charge in [0.2, 0.25) is 0 Å². The van der Waals surface area contributed by atoms with Gasteiger partial charge in [-0.1, -0.05) is 38.5 Å². The molecule has 0 heterocycles. The normalized spacial score (nSPS) is 24.3. The molecule has 0 aromatic rings. The summed E-state index contributed by atoms with van der Waals surface area (Å²) in [5, 5.41) is 8.87. The van der Waals surface area contributed by atoms with Crippen LogP contribution in [-0.4, -0.2) is 29.6 Å². The molecular weight excluding hydrogens is 234 g/mol. The minimum absolute atomic E-state index is 0.283. The average molecular weight is 263 g/mol. The molecule has 2 rings (SSSR count). The molecule has 2 aliphatic rings.